The zero-order valence-electron chi connectivity index (χ0n) is 11.1. The van der Waals surface area contributed by atoms with E-state index in [1.165, 1.54) is 5.56 Å². The highest BCUT2D eigenvalue weighted by Gasteiger charge is 2.08. The Balaban J connectivity index is 2.63. The average Bonchev–Trinajstić information content (AvgIpc) is 2.31. The number of carbonyl (C=O) groups excluding carboxylic acids is 1. The van der Waals surface area contributed by atoms with Gasteiger partial charge in [-0.05, 0) is 43.9 Å². The molecule has 3 nitrogen and oxygen atoms in total. The van der Waals surface area contributed by atoms with Crippen molar-refractivity contribution in [2.75, 3.05) is 13.2 Å². The summed E-state index contributed by atoms with van der Waals surface area (Å²) in [6, 6.07) is 4.08. The first kappa shape index (κ1) is 13.6. The lowest BCUT2D eigenvalue weighted by atomic mass is 10.1. The standard InChI is InChI=1S/C14H21NO2/c1-5-8-15-13(16)9-17-14-11(3)7-6-10(2)12(14)4/h6-7H,5,8-9H2,1-4H3,(H,15,16). The Morgan fingerprint density at radius 1 is 1.24 bits per heavy atom. The molecule has 0 saturated carbocycles. The molecular formula is C14H21NO2. The highest BCUT2D eigenvalue weighted by molar-refractivity contribution is 5.77. The number of benzene rings is 1. The lowest BCUT2D eigenvalue weighted by Gasteiger charge is -2.13. The lowest BCUT2D eigenvalue weighted by Crippen LogP contribution is -2.29. The normalized spacial score (nSPS) is 10.1. The molecule has 17 heavy (non-hydrogen) atoms. The van der Waals surface area contributed by atoms with Crippen molar-refractivity contribution >= 4 is 5.91 Å². The van der Waals surface area contributed by atoms with Gasteiger partial charge >= 0.3 is 0 Å². The Bertz CT molecular complexity index is 399. The minimum absolute atomic E-state index is 0.0628. The third-order valence-electron chi connectivity index (χ3n) is 2.79. The van der Waals surface area contributed by atoms with Crippen LogP contribution in [0.25, 0.3) is 0 Å². The molecular weight excluding hydrogens is 214 g/mol. The first-order valence-corrected chi connectivity index (χ1v) is 6.02. The number of nitrogens with one attached hydrogen (secondary N) is 1. The van der Waals surface area contributed by atoms with Gasteiger partial charge in [0.05, 0.1) is 0 Å². The Hall–Kier alpha value is -1.51. The maximum Gasteiger partial charge on any atom is 0.257 e. The first-order chi connectivity index (χ1) is 8.06. The number of amides is 1. The highest BCUT2D eigenvalue weighted by Crippen LogP contribution is 2.25. The number of ether oxygens (including phenoxy) is 1. The van der Waals surface area contributed by atoms with Crippen molar-refractivity contribution in [2.24, 2.45) is 0 Å². The second-order valence-electron chi connectivity index (χ2n) is 4.29. The molecule has 0 atom stereocenters. The molecule has 0 aliphatic carbocycles. The van der Waals surface area contributed by atoms with Crippen LogP contribution < -0.4 is 10.1 Å². The zero-order chi connectivity index (χ0) is 12.8. The van der Waals surface area contributed by atoms with Gasteiger partial charge in [0, 0.05) is 6.54 Å². The van der Waals surface area contributed by atoms with Gasteiger partial charge in [-0.2, -0.15) is 0 Å². The van der Waals surface area contributed by atoms with Crippen LogP contribution in [0.4, 0.5) is 0 Å². The molecule has 1 amide bonds. The summed E-state index contributed by atoms with van der Waals surface area (Å²) in [6.07, 6.45) is 0.939. The Labute approximate surface area is 103 Å². The fourth-order valence-electron chi connectivity index (χ4n) is 1.60. The average molecular weight is 235 g/mol. The molecule has 0 unspecified atom stereocenters. The Kier molecular flexibility index (Phi) is 5.01. The molecule has 0 radical (unpaired) electrons. The van der Waals surface area contributed by atoms with Gasteiger partial charge in [-0.15, -0.1) is 0 Å². The van der Waals surface area contributed by atoms with E-state index >= 15 is 0 Å². The minimum atomic E-state index is -0.0628. The van der Waals surface area contributed by atoms with Crippen LogP contribution in [-0.4, -0.2) is 19.1 Å². The van der Waals surface area contributed by atoms with Gasteiger partial charge in [-0.3, -0.25) is 4.79 Å². The predicted molar refractivity (Wildman–Crippen MR) is 69.4 cm³/mol. The van der Waals surface area contributed by atoms with Gasteiger partial charge < -0.3 is 10.1 Å². The van der Waals surface area contributed by atoms with E-state index in [1.54, 1.807) is 0 Å². The number of aryl methyl sites for hydroxylation is 2. The van der Waals surface area contributed by atoms with E-state index < -0.39 is 0 Å². The van der Waals surface area contributed by atoms with E-state index in [9.17, 15) is 4.79 Å². The van der Waals surface area contributed by atoms with Gasteiger partial charge in [-0.1, -0.05) is 19.1 Å². The summed E-state index contributed by atoms with van der Waals surface area (Å²) in [5.41, 5.74) is 3.35. The van der Waals surface area contributed by atoms with E-state index in [-0.39, 0.29) is 12.5 Å². The van der Waals surface area contributed by atoms with Gasteiger partial charge in [0.2, 0.25) is 0 Å². The smallest absolute Gasteiger partial charge is 0.257 e. The second kappa shape index (κ2) is 6.28. The van der Waals surface area contributed by atoms with E-state index in [4.69, 9.17) is 4.74 Å². The topological polar surface area (TPSA) is 38.3 Å². The maximum absolute atomic E-state index is 11.4. The summed E-state index contributed by atoms with van der Waals surface area (Å²) >= 11 is 0. The van der Waals surface area contributed by atoms with E-state index in [1.807, 2.05) is 33.8 Å². The number of carbonyl (C=O) groups is 1. The van der Waals surface area contributed by atoms with Crippen molar-refractivity contribution in [1.82, 2.24) is 5.32 Å². The summed E-state index contributed by atoms with van der Waals surface area (Å²) < 4.78 is 5.60. The Morgan fingerprint density at radius 2 is 1.88 bits per heavy atom. The van der Waals surface area contributed by atoms with Crippen LogP contribution in [0.15, 0.2) is 12.1 Å². The van der Waals surface area contributed by atoms with Crippen LogP contribution in [0.3, 0.4) is 0 Å². The van der Waals surface area contributed by atoms with Crippen molar-refractivity contribution in [1.29, 1.82) is 0 Å². The minimum Gasteiger partial charge on any atom is -0.483 e. The van der Waals surface area contributed by atoms with Crippen LogP contribution in [0.2, 0.25) is 0 Å². The summed E-state index contributed by atoms with van der Waals surface area (Å²) in [6.45, 7) is 8.86. The molecule has 0 heterocycles. The first-order valence-electron chi connectivity index (χ1n) is 6.02. The Morgan fingerprint density at radius 3 is 2.53 bits per heavy atom. The number of hydrogen-bond donors (Lipinski definition) is 1. The molecule has 0 aromatic heterocycles. The number of hydrogen-bond acceptors (Lipinski definition) is 2. The molecule has 1 rings (SSSR count). The van der Waals surface area contributed by atoms with E-state index in [2.05, 4.69) is 11.4 Å². The van der Waals surface area contributed by atoms with Crippen molar-refractivity contribution in [2.45, 2.75) is 34.1 Å². The third-order valence-corrected chi connectivity index (χ3v) is 2.79. The largest absolute Gasteiger partial charge is 0.483 e. The predicted octanol–water partition coefficient (Wildman–Crippen LogP) is 2.52. The molecule has 1 aromatic rings. The van der Waals surface area contributed by atoms with Gasteiger partial charge in [-0.25, -0.2) is 0 Å². The lowest BCUT2D eigenvalue weighted by molar-refractivity contribution is -0.123. The SMILES string of the molecule is CCCNC(=O)COc1c(C)ccc(C)c1C. The third kappa shape index (κ3) is 3.77. The molecule has 0 aliphatic heterocycles. The molecule has 1 aromatic carbocycles. The molecule has 0 aliphatic rings. The quantitative estimate of drug-likeness (QED) is 0.851. The summed E-state index contributed by atoms with van der Waals surface area (Å²) in [5, 5.41) is 2.79. The van der Waals surface area contributed by atoms with Crippen LogP contribution in [0.5, 0.6) is 5.75 Å². The molecule has 0 bridgehead atoms. The molecule has 0 spiro atoms. The van der Waals surface area contributed by atoms with Gasteiger partial charge in [0.1, 0.15) is 5.75 Å². The molecule has 0 saturated heterocycles. The fourth-order valence-corrected chi connectivity index (χ4v) is 1.60. The molecule has 0 fully saturated rings. The van der Waals surface area contributed by atoms with Crippen molar-refractivity contribution in [3.63, 3.8) is 0 Å². The summed E-state index contributed by atoms with van der Waals surface area (Å²) in [7, 11) is 0. The van der Waals surface area contributed by atoms with E-state index in [0.29, 0.717) is 6.54 Å². The van der Waals surface area contributed by atoms with Crippen LogP contribution in [0, 0.1) is 20.8 Å². The van der Waals surface area contributed by atoms with Crippen LogP contribution in [0.1, 0.15) is 30.0 Å². The number of rotatable bonds is 5. The van der Waals surface area contributed by atoms with Crippen molar-refractivity contribution in [3.8, 4) is 5.75 Å². The maximum atomic E-state index is 11.4. The monoisotopic (exact) mass is 235 g/mol. The molecule has 94 valence electrons. The van der Waals surface area contributed by atoms with Crippen molar-refractivity contribution in [3.05, 3.63) is 28.8 Å². The van der Waals surface area contributed by atoms with E-state index in [0.717, 1.165) is 23.3 Å². The van der Waals surface area contributed by atoms with Crippen LogP contribution >= 0.6 is 0 Å². The fraction of sp³-hybridized carbons (Fsp3) is 0.500. The van der Waals surface area contributed by atoms with Crippen LogP contribution in [-0.2, 0) is 4.79 Å². The summed E-state index contributed by atoms with van der Waals surface area (Å²) in [4.78, 5) is 11.4. The summed E-state index contributed by atoms with van der Waals surface area (Å²) in [5.74, 6) is 0.767. The van der Waals surface area contributed by atoms with Crippen molar-refractivity contribution < 1.29 is 9.53 Å². The van der Waals surface area contributed by atoms with Gasteiger partial charge in [0.25, 0.3) is 5.91 Å². The molecule has 3 heteroatoms. The van der Waals surface area contributed by atoms with Gasteiger partial charge in [0.15, 0.2) is 6.61 Å². The molecule has 1 N–H and O–H groups in total. The second-order valence-corrected chi connectivity index (χ2v) is 4.29. The highest BCUT2D eigenvalue weighted by atomic mass is 16.5. The zero-order valence-corrected chi connectivity index (χ0v) is 11.1.